The Labute approximate surface area is 215 Å². The normalized spacial score (nSPS) is 11.6. The van der Waals surface area contributed by atoms with Gasteiger partial charge in [-0.15, -0.1) is 20.5 Å². The van der Waals surface area contributed by atoms with E-state index in [0.717, 1.165) is 56.3 Å². The molecule has 0 spiro atoms. The summed E-state index contributed by atoms with van der Waals surface area (Å²) in [7, 11) is 0. The molecule has 0 aliphatic rings. The lowest BCUT2D eigenvalue weighted by Crippen LogP contribution is -1.88. The fourth-order valence-electron chi connectivity index (χ4n) is 4.42. The number of pyridine rings is 2. The topological polar surface area (TPSA) is 88.4 Å². The highest BCUT2D eigenvalue weighted by Crippen LogP contribution is 2.38. The van der Waals surface area contributed by atoms with Crippen molar-refractivity contribution in [2.45, 2.75) is 27.7 Å². The van der Waals surface area contributed by atoms with Crippen molar-refractivity contribution in [2.24, 2.45) is 20.5 Å². The number of rotatable bonds is 6. The van der Waals surface area contributed by atoms with E-state index in [1.807, 2.05) is 72.8 Å². The second-order valence-corrected chi connectivity index (χ2v) is 8.85. The van der Waals surface area contributed by atoms with Crippen molar-refractivity contribution in [3.63, 3.8) is 0 Å². The van der Waals surface area contributed by atoms with Gasteiger partial charge < -0.3 is 4.42 Å². The van der Waals surface area contributed by atoms with Crippen LogP contribution in [0.3, 0.4) is 0 Å². The second kappa shape index (κ2) is 10.5. The van der Waals surface area contributed by atoms with Crippen LogP contribution in [0.4, 0.5) is 23.0 Å². The Morgan fingerprint density at radius 2 is 0.919 bits per heavy atom. The summed E-state index contributed by atoms with van der Waals surface area (Å²) in [5, 5.41) is 17.2. The fraction of sp³-hybridized carbons (Fsp3) is 0.133. The molecule has 37 heavy (non-hydrogen) atoms. The molecule has 0 bridgehead atoms. The molecular formula is C30H26N6O. The van der Waals surface area contributed by atoms with Crippen molar-refractivity contribution < 1.29 is 4.42 Å². The maximum Gasteiger partial charge on any atom is 0.174 e. The maximum absolute atomic E-state index is 6.39. The summed E-state index contributed by atoms with van der Waals surface area (Å²) in [5.74, 6) is 2.78. The summed E-state index contributed by atoms with van der Waals surface area (Å²) in [6.45, 7) is 8.23. The summed E-state index contributed by atoms with van der Waals surface area (Å²) < 4.78 is 6.39. The fourth-order valence-corrected chi connectivity index (χ4v) is 4.42. The molecule has 0 saturated carbocycles. The molecule has 3 heterocycles. The molecule has 0 N–H and O–H groups in total. The molecule has 0 amide bonds. The van der Waals surface area contributed by atoms with Crippen LogP contribution in [0.15, 0.2) is 110 Å². The van der Waals surface area contributed by atoms with E-state index in [1.165, 1.54) is 0 Å². The Kier molecular flexibility index (Phi) is 6.76. The Morgan fingerprint density at radius 3 is 1.27 bits per heavy atom. The van der Waals surface area contributed by atoms with Crippen molar-refractivity contribution in [1.29, 1.82) is 0 Å². The average Bonchev–Trinajstić information content (AvgIpc) is 3.35. The zero-order valence-corrected chi connectivity index (χ0v) is 21.2. The lowest BCUT2D eigenvalue weighted by atomic mass is 9.99. The Bertz CT molecular complexity index is 1440. The number of azo groups is 2. The lowest BCUT2D eigenvalue weighted by molar-refractivity contribution is 0.595. The lowest BCUT2D eigenvalue weighted by Gasteiger charge is -2.10. The monoisotopic (exact) mass is 486 g/mol. The van der Waals surface area contributed by atoms with Gasteiger partial charge in [-0.25, -0.2) is 9.97 Å². The first-order valence-corrected chi connectivity index (χ1v) is 12.0. The van der Waals surface area contributed by atoms with E-state index in [1.54, 1.807) is 12.4 Å². The Morgan fingerprint density at radius 1 is 0.514 bits per heavy atom. The summed E-state index contributed by atoms with van der Waals surface area (Å²) in [4.78, 5) is 8.38. The van der Waals surface area contributed by atoms with E-state index in [9.17, 15) is 0 Å². The van der Waals surface area contributed by atoms with Crippen LogP contribution in [0, 0.1) is 27.7 Å². The van der Waals surface area contributed by atoms with Gasteiger partial charge in [-0.3, -0.25) is 0 Å². The van der Waals surface area contributed by atoms with Crippen molar-refractivity contribution in [1.82, 2.24) is 9.97 Å². The molecule has 2 aromatic carbocycles. The number of aromatic nitrogens is 2. The maximum atomic E-state index is 6.39. The van der Waals surface area contributed by atoms with Crippen LogP contribution in [0.25, 0.3) is 22.6 Å². The SMILES string of the molecule is Cc1cc(N=Nc2ccccn2)cc(C)c1-c1ccc(-c2c(C)cc(N=Nc3ccccn3)cc2C)o1. The number of furan rings is 1. The third kappa shape index (κ3) is 5.41. The smallest absolute Gasteiger partial charge is 0.174 e. The summed E-state index contributed by atoms with van der Waals surface area (Å²) >= 11 is 0. The zero-order valence-electron chi connectivity index (χ0n) is 21.2. The van der Waals surface area contributed by atoms with Gasteiger partial charge in [0.25, 0.3) is 0 Å². The summed E-state index contributed by atoms with van der Waals surface area (Å²) in [6, 6.07) is 23.2. The highest BCUT2D eigenvalue weighted by atomic mass is 16.3. The quantitative estimate of drug-likeness (QED) is 0.224. The minimum absolute atomic E-state index is 0.576. The molecule has 3 aromatic heterocycles. The molecule has 0 aliphatic heterocycles. The van der Waals surface area contributed by atoms with E-state index in [4.69, 9.17) is 4.42 Å². The highest BCUT2D eigenvalue weighted by molar-refractivity contribution is 5.75. The van der Waals surface area contributed by atoms with E-state index in [2.05, 4.69) is 58.1 Å². The van der Waals surface area contributed by atoms with Crippen molar-refractivity contribution in [2.75, 3.05) is 0 Å². The van der Waals surface area contributed by atoms with Crippen molar-refractivity contribution in [3.05, 3.63) is 107 Å². The Hall–Kier alpha value is -4.78. The molecule has 0 unspecified atom stereocenters. The van der Waals surface area contributed by atoms with Crippen LogP contribution in [-0.4, -0.2) is 9.97 Å². The minimum Gasteiger partial charge on any atom is -0.456 e. The number of hydrogen-bond donors (Lipinski definition) is 0. The van der Waals surface area contributed by atoms with Gasteiger partial charge in [0.05, 0.1) is 11.4 Å². The van der Waals surface area contributed by atoms with Crippen LogP contribution in [0.2, 0.25) is 0 Å². The molecule has 5 rings (SSSR count). The van der Waals surface area contributed by atoms with Crippen LogP contribution in [0.5, 0.6) is 0 Å². The predicted octanol–water partition coefficient (Wildman–Crippen LogP) is 9.47. The number of hydrogen-bond acceptors (Lipinski definition) is 7. The minimum atomic E-state index is 0.576. The first-order chi connectivity index (χ1) is 18.0. The van der Waals surface area contributed by atoms with E-state index in [0.29, 0.717) is 11.6 Å². The molecule has 0 saturated heterocycles. The van der Waals surface area contributed by atoms with E-state index in [-0.39, 0.29) is 0 Å². The number of aryl methyl sites for hydroxylation is 4. The summed E-state index contributed by atoms with van der Waals surface area (Å²) in [6.07, 6.45) is 3.40. The molecule has 7 nitrogen and oxygen atoms in total. The van der Waals surface area contributed by atoms with Crippen LogP contribution >= 0.6 is 0 Å². The van der Waals surface area contributed by atoms with E-state index < -0.39 is 0 Å². The van der Waals surface area contributed by atoms with Gasteiger partial charge in [0.1, 0.15) is 11.5 Å². The van der Waals surface area contributed by atoms with Crippen molar-refractivity contribution in [3.8, 4) is 22.6 Å². The van der Waals surface area contributed by atoms with E-state index >= 15 is 0 Å². The standard InChI is InChI=1S/C30H26N6O/c1-19-15-23(33-35-27-9-5-7-13-31-27)16-20(2)29(19)25-11-12-26(37-25)30-21(3)17-24(18-22(30)4)34-36-28-10-6-8-14-32-28/h5-18H,1-4H3. The largest absolute Gasteiger partial charge is 0.456 e. The van der Waals surface area contributed by atoms with Gasteiger partial charge in [-0.05, 0) is 111 Å². The van der Waals surface area contributed by atoms with Gasteiger partial charge in [0.15, 0.2) is 11.6 Å². The Balaban J connectivity index is 1.41. The number of nitrogens with zero attached hydrogens (tertiary/aromatic N) is 6. The van der Waals surface area contributed by atoms with Gasteiger partial charge >= 0.3 is 0 Å². The molecule has 0 aliphatic carbocycles. The molecule has 0 fully saturated rings. The van der Waals surface area contributed by atoms with Gasteiger partial charge in [-0.2, -0.15) is 0 Å². The predicted molar refractivity (Wildman–Crippen MR) is 145 cm³/mol. The molecule has 0 atom stereocenters. The molecule has 182 valence electrons. The third-order valence-electron chi connectivity index (χ3n) is 5.97. The van der Waals surface area contributed by atoms with Gasteiger partial charge in [0, 0.05) is 23.5 Å². The van der Waals surface area contributed by atoms with Crippen molar-refractivity contribution >= 4 is 23.0 Å². The first-order valence-electron chi connectivity index (χ1n) is 12.0. The average molecular weight is 487 g/mol. The third-order valence-corrected chi connectivity index (χ3v) is 5.97. The zero-order chi connectivity index (χ0) is 25.8. The van der Waals surface area contributed by atoms with Crippen LogP contribution in [-0.2, 0) is 0 Å². The van der Waals surface area contributed by atoms with Gasteiger partial charge in [0.2, 0.25) is 0 Å². The number of benzene rings is 2. The van der Waals surface area contributed by atoms with Crippen LogP contribution < -0.4 is 0 Å². The molecule has 7 heteroatoms. The highest BCUT2D eigenvalue weighted by Gasteiger charge is 2.16. The summed E-state index contributed by atoms with van der Waals surface area (Å²) in [5.41, 5.74) is 7.92. The molecular weight excluding hydrogens is 460 g/mol. The van der Waals surface area contributed by atoms with Crippen LogP contribution in [0.1, 0.15) is 22.3 Å². The first kappa shape index (κ1) is 23.9. The molecule has 5 aromatic rings. The molecule has 0 radical (unpaired) electrons. The second-order valence-electron chi connectivity index (χ2n) is 8.85. The van der Waals surface area contributed by atoms with Gasteiger partial charge in [-0.1, -0.05) is 12.1 Å².